The highest BCUT2D eigenvalue weighted by Crippen LogP contribution is 2.36. The maximum Gasteiger partial charge on any atom is 0.573 e. The molecule has 0 bridgehead atoms. The van der Waals surface area contributed by atoms with Crippen molar-refractivity contribution in [3.8, 4) is 5.75 Å². The van der Waals surface area contributed by atoms with Gasteiger partial charge < -0.3 is 20.7 Å². The van der Waals surface area contributed by atoms with Crippen LogP contribution < -0.4 is 20.7 Å². The number of carbonyl (C=O) groups excluding carboxylic acids is 2. The Balaban J connectivity index is 1.79. The summed E-state index contributed by atoms with van der Waals surface area (Å²) in [5, 5.41) is 2.42. The number of ether oxygens (including phenoxy) is 1. The molecule has 0 saturated heterocycles. The molecule has 35 heavy (non-hydrogen) atoms. The van der Waals surface area contributed by atoms with Crippen LogP contribution in [0.1, 0.15) is 28.8 Å². The molecule has 0 aliphatic carbocycles. The lowest BCUT2D eigenvalue weighted by Gasteiger charge is -2.25. The van der Waals surface area contributed by atoms with E-state index in [0.717, 1.165) is 12.1 Å². The second-order valence-electron chi connectivity index (χ2n) is 7.69. The maximum absolute atomic E-state index is 13.0. The van der Waals surface area contributed by atoms with E-state index in [-0.39, 0.29) is 30.8 Å². The number of nitrogens with zero attached hydrogens (tertiary/aromatic N) is 1. The molecule has 0 unspecified atom stereocenters. The summed E-state index contributed by atoms with van der Waals surface area (Å²) >= 11 is 1.30. The van der Waals surface area contributed by atoms with E-state index in [1.54, 1.807) is 6.07 Å². The van der Waals surface area contributed by atoms with Crippen LogP contribution >= 0.6 is 11.8 Å². The van der Waals surface area contributed by atoms with E-state index < -0.39 is 42.6 Å². The minimum absolute atomic E-state index is 0.0386. The molecule has 0 radical (unpaired) electrons. The Labute approximate surface area is 200 Å². The van der Waals surface area contributed by atoms with Gasteiger partial charge in [0.15, 0.2) is 0 Å². The summed E-state index contributed by atoms with van der Waals surface area (Å²) in [4.78, 5) is 27.4. The molecule has 3 N–H and O–H groups in total. The zero-order valence-corrected chi connectivity index (χ0v) is 18.9. The first-order valence-corrected chi connectivity index (χ1v) is 11.3. The number of hydrogen-bond donors (Lipinski definition) is 2. The molecule has 1 atom stereocenters. The van der Waals surface area contributed by atoms with E-state index in [2.05, 4.69) is 10.1 Å². The highest BCUT2D eigenvalue weighted by atomic mass is 32.2. The van der Waals surface area contributed by atoms with Gasteiger partial charge in [-0.05, 0) is 42.3 Å². The summed E-state index contributed by atoms with van der Waals surface area (Å²) in [7, 11) is 0. The first-order chi connectivity index (χ1) is 16.3. The molecule has 0 saturated carbocycles. The molecule has 1 aliphatic heterocycles. The molecule has 0 spiro atoms. The van der Waals surface area contributed by atoms with Crippen LogP contribution in [-0.2, 0) is 11.3 Å². The molecule has 13 heteroatoms. The second-order valence-corrected chi connectivity index (χ2v) is 8.75. The van der Waals surface area contributed by atoms with Crippen LogP contribution in [0.3, 0.4) is 0 Å². The van der Waals surface area contributed by atoms with Crippen molar-refractivity contribution in [3.63, 3.8) is 0 Å². The molecular formula is C22H21F6N3O3S. The van der Waals surface area contributed by atoms with Crippen LogP contribution in [0.5, 0.6) is 5.75 Å². The van der Waals surface area contributed by atoms with Crippen molar-refractivity contribution >= 4 is 29.3 Å². The fraction of sp³-hybridized carbons (Fsp3) is 0.364. The summed E-state index contributed by atoms with van der Waals surface area (Å²) in [5.74, 6) is -1.20. The summed E-state index contributed by atoms with van der Waals surface area (Å²) in [6.45, 7) is -0.215. The van der Waals surface area contributed by atoms with Crippen molar-refractivity contribution in [2.75, 3.05) is 17.2 Å². The SMILES string of the molecule is N[C@H]1CSc2ccc(C(=O)NCCCC(F)(F)F)cc2N(Cc2ccc(OC(F)(F)F)cc2)C1=O. The number of fused-ring (bicyclic) bond motifs is 1. The molecule has 0 aromatic heterocycles. The van der Waals surface area contributed by atoms with Crippen LogP contribution in [0.15, 0.2) is 47.4 Å². The molecule has 2 amide bonds. The van der Waals surface area contributed by atoms with Gasteiger partial charge in [0.25, 0.3) is 5.91 Å². The Morgan fingerprint density at radius 1 is 1.11 bits per heavy atom. The van der Waals surface area contributed by atoms with Gasteiger partial charge in [-0.1, -0.05) is 12.1 Å². The van der Waals surface area contributed by atoms with Crippen LogP contribution in [-0.4, -0.2) is 42.7 Å². The third kappa shape index (κ3) is 7.79. The summed E-state index contributed by atoms with van der Waals surface area (Å²) in [6.07, 6.45) is -10.5. The van der Waals surface area contributed by atoms with E-state index in [1.165, 1.54) is 40.9 Å². The average molecular weight is 521 g/mol. The number of nitrogens with two attached hydrogens (primary N) is 1. The van der Waals surface area contributed by atoms with Crippen molar-refractivity contribution in [2.45, 2.75) is 42.9 Å². The molecule has 2 aromatic carbocycles. The quantitative estimate of drug-likeness (QED) is 0.410. The van der Waals surface area contributed by atoms with Crippen molar-refractivity contribution < 1.29 is 40.7 Å². The van der Waals surface area contributed by atoms with Crippen molar-refractivity contribution in [2.24, 2.45) is 5.73 Å². The Morgan fingerprint density at radius 3 is 2.43 bits per heavy atom. The Kier molecular flexibility index (Phi) is 8.21. The molecule has 1 aliphatic rings. The Hall–Kier alpha value is -2.93. The van der Waals surface area contributed by atoms with Gasteiger partial charge in [-0.3, -0.25) is 9.59 Å². The highest BCUT2D eigenvalue weighted by molar-refractivity contribution is 7.99. The van der Waals surface area contributed by atoms with Gasteiger partial charge >= 0.3 is 12.5 Å². The normalized spacial score (nSPS) is 16.5. The standard InChI is InChI=1S/C22H21F6N3O3S/c23-21(24,25)8-1-9-30-19(32)14-4-7-18-17(10-14)31(20(33)16(29)12-35-18)11-13-2-5-15(6-3-13)34-22(26,27)28/h2-7,10,16H,1,8-9,11-12,29H2,(H,30,32)/t16-/m0/s1. The fourth-order valence-electron chi connectivity index (χ4n) is 3.30. The van der Waals surface area contributed by atoms with E-state index >= 15 is 0 Å². The van der Waals surface area contributed by atoms with Gasteiger partial charge in [0.2, 0.25) is 5.91 Å². The fourth-order valence-corrected chi connectivity index (χ4v) is 4.28. The Bertz CT molecular complexity index is 1060. The summed E-state index contributed by atoms with van der Waals surface area (Å²) < 4.78 is 77.9. The van der Waals surface area contributed by atoms with E-state index in [9.17, 15) is 35.9 Å². The number of benzene rings is 2. The first kappa shape index (κ1) is 26.7. The third-order valence-electron chi connectivity index (χ3n) is 4.93. The molecule has 190 valence electrons. The van der Waals surface area contributed by atoms with Crippen molar-refractivity contribution in [1.29, 1.82) is 0 Å². The van der Waals surface area contributed by atoms with E-state index in [1.807, 2.05) is 0 Å². The number of alkyl halides is 6. The number of amides is 2. The number of thioether (sulfide) groups is 1. The van der Waals surface area contributed by atoms with Gasteiger partial charge in [-0.2, -0.15) is 13.2 Å². The van der Waals surface area contributed by atoms with Crippen molar-refractivity contribution in [3.05, 3.63) is 53.6 Å². The monoisotopic (exact) mass is 521 g/mol. The second kappa shape index (κ2) is 10.8. The molecule has 1 heterocycles. The number of rotatable bonds is 7. The smallest absolute Gasteiger partial charge is 0.406 e. The largest absolute Gasteiger partial charge is 0.573 e. The lowest BCUT2D eigenvalue weighted by Crippen LogP contribution is -2.44. The van der Waals surface area contributed by atoms with E-state index in [0.29, 0.717) is 16.1 Å². The van der Waals surface area contributed by atoms with Gasteiger partial charge in [0, 0.05) is 29.2 Å². The van der Waals surface area contributed by atoms with Gasteiger partial charge in [0.1, 0.15) is 5.75 Å². The first-order valence-electron chi connectivity index (χ1n) is 10.4. The molecule has 6 nitrogen and oxygen atoms in total. The van der Waals surface area contributed by atoms with Crippen LogP contribution in [0, 0.1) is 0 Å². The lowest BCUT2D eigenvalue weighted by atomic mass is 10.1. The average Bonchev–Trinajstić information content (AvgIpc) is 2.88. The summed E-state index contributed by atoms with van der Waals surface area (Å²) in [6, 6.07) is 8.66. The van der Waals surface area contributed by atoms with E-state index in [4.69, 9.17) is 5.73 Å². The predicted octanol–water partition coefficient (Wildman–Crippen LogP) is 4.62. The number of nitrogens with one attached hydrogen (secondary N) is 1. The minimum atomic E-state index is -4.84. The molecule has 3 rings (SSSR count). The van der Waals surface area contributed by atoms with Crippen LogP contribution in [0.4, 0.5) is 32.0 Å². The zero-order chi connectivity index (χ0) is 25.8. The van der Waals surface area contributed by atoms with Gasteiger partial charge in [0.05, 0.1) is 18.3 Å². The minimum Gasteiger partial charge on any atom is -0.406 e. The highest BCUT2D eigenvalue weighted by Gasteiger charge is 2.32. The van der Waals surface area contributed by atoms with Gasteiger partial charge in [-0.25, -0.2) is 0 Å². The Morgan fingerprint density at radius 2 is 1.80 bits per heavy atom. The molecule has 2 aromatic rings. The number of anilines is 1. The predicted molar refractivity (Wildman–Crippen MR) is 117 cm³/mol. The number of hydrogen-bond acceptors (Lipinski definition) is 5. The molecule has 0 fully saturated rings. The number of carbonyl (C=O) groups is 2. The van der Waals surface area contributed by atoms with Crippen LogP contribution in [0.2, 0.25) is 0 Å². The van der Waals surface area contributed by atoms with Crippen molar-refractivity contribution in [1.82, 2.24) is 5.32 Å². The topological polar surface area (TPSA) is 84.7 Å². The van der Waals surface area contributed by atoms with Gasteiger partial charge in [-0.15, -0.1) is 24.9 Å². The summed E-state index contributed by atoms with van der Waals surface area (Å²) in [5.41, 5.74) is 6.97. The third-order valence-corrected chi connectivity index (χ3v) is 6.12. The number of halogens is 6. The molecular weight excluding hydrogens is 500 g/mol. The maximum atomic E-state index is 13.0. The van der Waals surface area contributed by atoms with Crippen LogP contribution in [0.25, 0.3) is 0 Å². The zero-order valence-electron chi connectivity index (χ0n) is 18.1. The lowest BCUT2D eigenvalue weighted by molar-refractivity contribution is -0.274.